The second-order valence-corrected chi connectivity index (χ2v) is 5.57. The van der Waals surface area contributed by atoms with E-state index in [1.54, 1.807) is 0 Å². The van der Waals surface area contributed by atoms with Gasteiger partial charge in [-0.25, -0.2) is 0 Å². The Morgan fingerprint density at radius 1 is 1.30 bits per heavy atom. The van der Waals surface area contributed by atoms with Crippen LogP contribution in [0.15, 0.2) is 18.2 Å². The summed E-state index contributed by atoms with van der Waals surface area (Å²) in [6.07, 6.45) is 0.861. The molecule has 0 amide bonds. The van der Waals surface area contributed by atoms with Crippen LogP contribution in [0, 0.1) is 20.2 Å². The Labute approximate surface area is 118 Å². The highest BCUT2D eigenvalue weighted by molar-refractivity contribution is 6.26. The van der Waals surface area contributed by atoms with Gasteiger partial charge in [-0.1, -0.05) is 0 Å². The van der Waals surface area contributed by atoms with Gasteiger partial charge in [0, 0.05) is 19.2 Å². The van der Waals surface area contributed by atoms with Gasteiger partial charge in [0.2, 0.25) is 0 Å². The van der Waals surface area contributed by atoms with E-state index in [4.69, 9.17) is 4.43 Å². The molecule has 0 heterocycles. The molecule has 1 aromatic rings. The van der Waals surface area contributed by atoms with E-state index >= 15 is 0 Å². The van der Waals surface area contributed by atoms with E-state index in [1.165, 1.54) is 12.1 Å². The van der Waals surface area contributed by atoms with Crippen molar-refractivity contribution in [1.82, 2.24) is 0 Å². The molecule has 0 saturated carbocycles. The van der Waals surface area contributed by atoms with Crippen molar-refractivity contribution in [1.29, 1.82) is 0 Å². The lowest BCUT2D eigenvalue weighted by Gasteiger charge is -2.06. The Morgan fingerprint density at radius 3 is 2.65 bits per heavy atom. The van der Waals surface area contributed by atoms with Gasteiger partial charge in [0.15, 0.2) is 9.76 Å². The van der Waals surface area contributed by atoms with Gasteiger partial charge in [0.05, 0.1) is 15.9 Å². The molecule has 0 spiro atoms. The molecule has 0 fully saturated rings. The Bertz CT molecular complexity index is 483. The number of non-ortho nitro benzene ring substituents is 1. The van der Waals surface area contributed by atoms with E-state index in [-0.39, 0.29) is 11.4 Å². The van der Waals surface area contributed by atoms with E-state index in [9.17, 15) is 20.2 Å². The smallest absolute Gasteiger partial charge is 0.299 e. The minimum Gasteiger partial charge on any atom is -0.424 e. The fourth-order valence-electron chi connectivity index (χ4n) is 1.63. The van der Waals surface area contributed by atoms with Crippen LogP contribution in [-0.4, -0.2) is 32.8 Å². The fraction of sp³-hybridized carbons (Fsp3) is 0.455. The normalized spacial score (nSPS) is 10.8. The molecule has 8 nitrogen and oxygen atoms in total. The van der Waals surface area contributed by atoms with Crippen molar-refractivity contribution < 1.29 is 14.3 Å². The van der Waals surface area contributed by atoms with Crippen molar-refractivity contribution in [2.45, 2.75) is 19.4 Å². The molecule has 0 bridgehead atoms. The topological polar surface area (TPSA) is 108 Å². The van der Waals surface area contributed by atoms with Crippen LogP contribution in [0.1, 0.15) is 13.3 Å². The maximum atomic E-state index is 10.9. The SMILES string of the molecule is CCO[SiH2]CCCNc1ccc([N+](=O)[O-])cc1[N+](=O)[O-]. The third-order valence-electron chi connectivity index (χ3n) is 2.62. The van der Waals surface area contributed by atoms with Gasteiger partial charge in [-0.05, 0) is 25.5 Å². The van der Waals surface area contributed by atoms with Crippen LogP contribution in [0.25, 0.3) is 0 Å². The average Bonchev–Trinajstić information content (AvgIpc) is 2.42. The summed E-state index contributed by atoms with van der Waals surface area (Å²) < 4.78 is 5.32. The Kier molecular flexibility index (Phi) is 6.60. The molecule has 0 unspecified atom stereocenters. The second-order valence-electron chi connectivity index (χ2n) is 4.05. The largest absolute Gasteiger partial charge is 0.424 e. The first-order chi connectivity index (χ1) is 9.56. The minimum atomic E-state index is -0.648. The lowest BCUT2D eigenvalue weighted by molar-refractivity contribution is -0.393. The summed E-state index contributed by atoms with van der Waals surface area (Å²) in [6, 6.07) is 4.58. The highest BCUT2D eigenvalue weighted by Gasteiger charge is 2.18. The van der Waals surface area contributed by atoms with E-state index < -0.39 is 19.6 Å². The van der Waals surface area contributed by atoms with Crippen LogP contribution in [0.4, 0.5) is 17.1 Å². The van der Waals surface area contributed by atoms with E-state index in [0.29, 0.717) is 12.2 Å². The molecule has 0 aliphatic heterocycles. The summed E-state index contributed by atoms with van der Waals surface area (Å²) in [7, 11) is -0.495. The van der Waals surface area contributed by atoms with E-state index in [0.717, 1.165) is 25.1 Å². The van der Waals surface area contributed by atoms with Crippen LogP contribution >= 0.6 is 0 Å². The molecule has 0 saturated heterocycles. The molecule has 9 heteroatoms. The number of nitro groups is 2. The molecule has 1 rings (SSSR count). The molecule has 1 aromatic carbocycles. The van der Waals surface area contributed by atoms with Crippen molar-refractivity contribution in [2.75, 3.05) is 18.5 Å². The van der Waals surface area contributed by atoms with Gasteiger partial charge >= 0.3 is 0 Å². The first kappa shape index (κ1) is 16.1. The van der Waals surface area contributed by atoms with Gasteiger partial charge in [-0.3, -0.25) is 20.2 Å². The van der Waals surface area contributed by atoms with Gasteiger partial charge in [0.1, 0.15) is 5.69 Å². The number of hydrogen-bond acceptors (Lipinski definition) is 6. The van der Waals surface area contributed by atoms with Gasteiger partial charge in [0.25, 0.3) is 11.4 Å². The predicted octanol–water partition coefficient (Wildman–Crippen LogP) is 1.84. The molecule has 0 radical (unpaired) electrons. The van der Waals surface area contributed by atoms with Crippen LogP contribution in [0.5, 0.6) is 0 Å². The Morgan fingerprint density at radius 2 is 2.05 bits per heavy atom. The zero-order valence-corrected chi connectivity index (χ0v) is 12.6. The summed E-state index contributed by atoms with van der Waals surface area (Å²) in [5, 5.41) is 24.4. The van der Waals surface area contributed by atoms with E-state index in [2.05, 4.69) is 5.32 Å². The number of benzene rings is 1. The third-order valence-corrected chi connectivity index (χ3v) is 4.11. The molecule has 0 aliphatic rings. The molecule has 0 aromatic heterocycles. The molecule has 110 valence electrons. The molecular weight excluding hydrogens is 282 g/mol. The Hall–Kier alpha value is -2.00. The van der Waals surface area contributed by atoms with Crippen LogP contribution in [-0.2, 0) is 4.43 Å². The summed E-state index contributed by atoms with van der Waals surface area (Å²) >= 11 is 0. The van der Waals surface area contributed by atoms with Gasteiger partial charge < -0.3 is 9.74 Å². The standard InChI is InChI=1S/C11H17N3O5Si/c1-2-19-20-7-3-6-12-10-5-4-9(13(15)16)8-11(10)14(17)18/h4-5,8,12H,2-3,6-7,20H2,1H3. The quantitative estimate of drug-likeness (QED) is 0.322. The number of anilines is 1. The molecule has 1 N–H and O–H groups in total. The lowest BCUT2D eigenvalue weighted by atomic mass is 10.2. The van der Waals surface area contributed by atoms with Crippen LogP contribution in [0.2, 0.25) is 6.04 Å². The monoisotopic (exact) mass is 299 g/mol. The van der Waals surface area contributed by atoms with E-state index in [1.807, 2.05) is 6.92 Å². The summed E-state index contributed by atoms with van der Waals surface area (Å²) in [5.74, 6) is 0. The van der Waals surface area contributed by atoms with Crippen molar-refractivity contribution in [3.8, 4) is 0 Å². The fourth-order valence-corrected chi connectivity index (χ4v) is 2.58. The predicted molar refractivity (Wildman–Crippen MR) is 77.8 cm³/mol. The first-order valence-corrected chi connectivity index (χ1v) is 7.88. The maximum Gasteiger partial charge on any atom is 0.299 e. The van der Waals surface area contributed by atoms with Gasteiger partial charge in [-0.15, -0.1) is 0 Å². The zero-order chi connectivity index (χ0) is 15.0. The van der Waals surface area contributed by atoms with Crippen molar-refractivity contribution in [3.05, 3.63) is 38.4 Å². The van der Waals surface area contributed by atoms with Crippen molar-refractivity contribution in [2.24, 2.45) is 0 Å². The van der Waals surface area contributed by atoms with Crippen molar-refractivity contribution >= 4 is 26.8 Å². The number of nitrogens with one attached hydrogen (secondary N) is 1. The number of nitro benzene ring substituents is 2. The Balaban J connectivity index is 2.60. The van der Waals surface area contributed by atoms with Gasteiger partial charge in [-0.2, -0.15) is 0 Å². The first-order valence-electron chi connectivity index (χ1n) is 6.30. The number of nitrogens with zero attached hydrogens (tertiary/aromatic N) is 2. The zero-order valence-electron chi connectivity index (χ0n) is 11.2. The molecule has 0 aliphatic carbocycles. The van der Waals surface area contributed by atoms with Crippen LogP contribution in [0.3, 0.4) is 0 Å². The number of hydrogen-bond donors (Lipinski definition) is 1. The number of rotatable bonds is 9. The summed E-state index contributed by atoms with van der Waals surface area (Å²) in [5.41, 5.74) is -0.258. The highest BCUT2D eigenvalue weighted by atomic mass is 28.2. The second kappa shape index (κ2) is 8.22. The van der Waals surface area contributed by atoms with Crippen LogP contribution < -0.4 is 5.32 Å². The maximum absolute atomic E-state index is 10.9. The third kappa shape index (κ3) is 4.94. The van der Waals surface area contributed by atoms with Crippen molar-refractivity contribution in [3.63, 3.8) is 0 Å². The molecule has 20 heavy (non-hydrogen) atoms. The molecular formula is C11H17N3O5Si. The summed E-state index contributed by atoms with van der Waals surface area (Å²) in [6.45, 7) is 3.26. The summed E-state index contributed by atoms with van der Waals surface area (Å²) in [4.78, 5) is 20.2. The average molecular weight is 299 g/mol. The molecule has 0 atom stereocenters. The lowest BCUT2D eigenvalue weighted by Crippen LogP contribution is -2.06. The highest BCUT2D eigenvalue weighted by Crippen LogP contribution is 2.28. The minimum absolute atomic E-state index is 0.277.